The minimum atomic E-state index is -4.34. The fourth-order valence-corrected chi connectivity index (χ4v) is 1.83. The number of hydrogen-bond acceptors (Lipinski definition) is 1. The largest absolute Gasteiger partial charge is 0.401 e. The highest BCUT2D eigenvalue weighted by atomic mass is 19.4. The van der Waals surface area contributed by atoms with Crippen LogP contribution in [0, 0.1) is 11.3 Å². The Balaban J connectivity index is 2.70. The second-order valence-corrected chi connectivity index (χ2v) is 4.13. The number of Topliss-reactive ketones (excluding diaryl/α,β-unsaturated/α-hetero) is 1. The van der Waals surface area contributed by atoms with E-state index in [1.807, 2.05) is 6.92 Å². The van der Waals surface area contributed by atoms with E-state index in [9.17, 15) is 18.0 Å². The molecule has 1 aliphatic rings. The van der Waals surface area contributed by atoms with Gasteiger partial charge in [-0.1, -0.05) is 20.3 Å². The molecule has 0 N–H and O–H groups in total. The van der Waals surface area contributed by atoms with Crippen LogP contribution in [0.2, 0.25) is 0 Å². The maximum atomic E-state index is 12.5. The number of alkyl halides is 3. The van der Waals surface area contributed by atoms with Gasteiger partial charge in [-0.05, 0) is 19.3 Å². The number of carbonyl (C=O) groups excluding carboxylic acids is 1. The summed E-state index contributed by atoms with van der Waals surface area (Å²) < 4.78 is 37.6. The van der Waals surface area contributed by atoms with Gasteiger partial charge in [0, 0.05) is 5.92 Å². The highest BCUT2D eigenvalue weighted by Crippen LogP contribution is 2.59. The standard InChI is InChI=1S/C10H15F3O/c1-3-4-7(2)8(14)9(5-6-9)10(11,12)13/h7H,3-6H2,1-2H3. The number of halogens is 3. The normalized spacial score (nSPS) is 21.8. The molecule has 1 unspecified atom stereocenters. The third-order valence-electron chi connectivity index (χ3n) is 2.93. The van der Waals surface area contributed by atoms with Crippen molar-refractivity contribution in [3.05, 3.63) is 0 Å². The summed E-state index contributed by atoms with van der Waals surface area (Å²) in [4.78, 5) is 11.5. The molecular formula is C10H15F3O. The molecule has 0 amide bonds. The van der Waals surface area contributed by atoms with Crippen molar-refractivity contribution in [3.63, 3.8) is 0 Å². The van der Waals surface area contributed by atoms with Crippen molar-refractivity contribution in [1.82, 2.24) is 0 Å². The molecule has 0 aromatic heterocycles. The van der Waals surface area contributed by atoms with Gasteiger partial charge in [0.2, 0.25) is 0 Å². The summed E-state index contributed by atoms with van der Waals surface area (Å²) in [5, 5.41) is 0. The Labute approximate surface area is 81.7 Å². The Morgan fingerprint density at radius 1 is 1.43 bits per heavy atom. The first-order valence-electron chi connectivity index (χ1n) is 4.96. The molecule has 1 rings (SSSR count). The summed E-state index contributed by atoms with van der Waals surface area (Å²) in [5.74, 6) is -1.06. The van der Waals surface area contributed by atoms with Gasteiger partial charge >= 0.3 is 6.18 Å². The zero-order chi connectivity index (χ0) is 11.0. The van der Waals surface area contributed by atoms with Gasteiger partial charge in [0.25, 0.3) is 0 Å². The van der Waals surface area contributed by atoms with Gasteiger partial charge < -0.3 is 0 Å². The number of ketones is 1. The zero-order valence-electron chi connectivity index (χ0n) is 8.45. The van der Waals surface area contributed by atoms with Gasteiger partial charge in [-0.15, -0.1) is 0 Å². The van der Waals surface area contributed by atoms with E-state index >= 15 is 0 Å². The lowest BCUT2D eigenvalue weighted by atomic mass is 9.88. The molecule has 4 heteroatoms. The molecule has 1 atom stereocenters. The fraction of sp³-hybridized carbons (Fsp3) is 0.900. The van der Waals surface area contributed by atoms with Crippen molar-refractivity contribution in [3.8, 4) is 0 Å². The summed E-state index contributed by atoms with van der Waals surface area (Å²) in [6, 6.07) is 0. The monoisotopic (exact) mass is 208 g/mol. The van der Waals surface area contributed by atoms with Gasteiger partial charge in [0.05, 0.1) is 0 Å². The Hall–Kier alpha value is -0.540. The average molecular weight is 208 g/mol. The van der Waals surface area contributed by atoms with Crippen LogP contribution in [-0.4, -0.2) is 12.0 Å². The SMILES string of the molecule is CCCC(C)C(=O)C1(C(F)(F)F)CC1. The van der Waals surface area contributed by atoms with Crippen molar-refractivity contribution < 1.29 is 18.0 Å². The quantitative estimate of drug-likeness (QED) is 0.692. The molecule has 0 bridgehead atoms. The number of carbonyl (C=O) groups is 1. The van der Waals surface area contributed by atoms with Gasteiger partial charge in [-0.3, -0.25) is 4.79 Å². The van der Waals surface area contributed by atoms with Crippen LogP contribution in [0.1, 0.15) is 39.5 Å². The number of rotatable bonds is 4. The van der Waals surface area contributed by atoms with Gasteiger partial charge in [0.15, 0.2) is 5.78 Å². The Bertz CT molecular complexity index is 228. The van der Waals surface area contributed by atoms with Crippen molar-refractivity contribution in [1.29, 1.82) is 0 Å². The summed E-state index contributed by atoms with van der Waals surface area (Å²) in [6.45, 7) is 3.47. The molecule has 1 nitrogen and oxygen atoms in total. The van der Waals surface area contributed by atoms with Gasteiger partial charge in [0.1, 0.15) is 5.41 Å². The third-order valence-corrected chi connectivity index (χ3v) is 2.93. The van der Waals surface area contributed by atoms with Gasteiger partial charge in [-0.25, -0.2) is 0 Å². The predicted octanol–water partition coefficient (Wildman–Crippen LogP) is 3.33. The van der Waals surface area contributed by atoms with Gasteiger partial charge in [-0.2, -0.15) is 13.2 Å². The average Bonchev–Trinajstić information content (AvgIpc) is 2.81. The van der Waals surface area contributed by atoms with E-state index in [1.165, 1.54) is 0 Å². The maximum Gasteiger partial charge on any atom is 0.401 e. The molecule has 0 heterocycles. The van der Waals surface area contributed by atoms with Crippen LogP contribution in [0.25, 0.3) is 0 Å². The van der Waals surface area contributed by atoms with E-state index in [-0.39, 0.29) is 12.8 Å². The molecule has 0 radical (unpaired) electrons. The summed E-state index contributed by atoms with van der Waals surface area (Å²) in [5.41, 5.74) is -1.97. The first kappa shape index (κ1) is 11.5. The molecule has 0 aliphatic heterocycles. The molecule has 14 heavy (non-hydrogen) atoms. The third kappa shape index (κ3) is 1.79. The maximum absolute atomic E-state index is 12.5. The zero-order valence-corrected chi connectivity index (χ0v) is 8.45. The Morgan fingerprint density at radius 2 is 1.93 bits per heavy atom. The molecule has 1 saturated carbocycles. The smallest absolute Gasteiger partial charge is 0.298 e. The number of hydrogen-bond donors (Lipinski definition) is 0. The van der Waals surface area contributed by atoms with E-state index in [4.69, 9.17) is 0 Å². The second-order valence-electron chi connectivity index (χ2n) is 4.13. The van der Waals surface area contributed by atoms with E-state index in [2.05, 4.69) is 0 Å². The van der Waals surface area contributed by atoms with Crippen LogP contribution in [0.15, 0.2) is 0 Å². The lowest BCUT2D eigenvalue weighted by molar-refractivity contribution is -0.193. The molecular weight excluding hydrogens is 193 g/mol. The molecule has 1 fully saturated rings. The first-order chi connectivity index (χ1) is 6.35. The first-order valence-corrected chi connectivity index (χ1v) is 4.96. The van der Waals surface area contributed by atoms with Crippen molar-refractivity contribution in [2.75, 3.05) is 0 Å². The van der Waals surface area contributed by atoms with Crippen LogP contribution in [0.3, 0.4) is 0 Å². The van der Waals surface area contributed by atoms with E-state index in [0.29, 0.717) is 6.42 Å². The van der Waals surface area contributed by atoms with Crippen LogP contribution >= 0.6 is 0 Å². The van der Waals surface area contributed by atoms with E-state index < -0.39 is 23.3 Å². The van der Waals surface area contributed by atoms with Crippen molar-refractivity contribution in [2.24, 2.45) is 11.3 Å². The summed E-state index contributed by atoms with van der Waals surface area (Å²) in [7, 11) is 0. The minimum Gasteiger partial charge on any atom is -0.298 e. The van der Waals surface area contributed by atoms with Crippen LogP contribution < -0.4 is 0 Å². The van der Waals surface area contributed by atoms with Crippen molar-refractivity contribution >= 4 is 5.78 Å². The van der Waals surface area contributed by atoms with E-state index in [1.54, 1.807) is 6.92 Å². The fourth-order valence-electron chi connectivity index (χ4n) is 1.83. The van der Waals surface area contributed by atoms with Crippen LogP contribution in [-0.2, 0) is 4.79 Å². The lowest BCUT2D eigenvalue weighted by Gasteiger charge is -2.21. The molecule has 0 saturated heterocycles. The highest BCUT2D eigenvalue weighted by Gasteiger charge is 2.68. The molecule has 0 spiro atoms. The predicted molar refractivity (Wildman–Crippen MR) is 46.8 cm³/mol. The van der Waals surface area contributed by atoms with Crippen LogP contribution in [0.4, 0.5) is 13.2 Å². The Morgan fingerprint density at radius 3 is 2.21 bits per heavy atom. The topological polar surface area (TPSA) is 17.1 Å². The summed E-state index contributed by atoms with van der Waals surface area (Å²) in [6.07, 6.45) is -3.06. The minimum absolute atomic E-state index is 0.0105. The highest BCUT2D eigenvalue weighted by molar-refractivity contribution is 5.90. The molecule has 0 aromatic carbocycles. The summed E-state index contributed by atoms with van der Waals surface area (Å²) >= 11 is 0. The molecule has 82 valence electrons. The second kappa shape index (κ2) is 3.55. The Kier molecular flexibility index (Phi) is 2.93. The van der Waals surface area contributed by atoms with E-state index in [0.717, 1.165) is 6.42 Å². The van der Waals surface area contributed by atoms with Crippen LogP contribution in [0.5, 0.6) is 0 Å². The molecule has 1 aliphatic carbocycles. The van der Waals surface area contributed by atoms with Crippen molar-refractivity contribution in [2.45, 2.75) is 45.7 Å². The molecule has 0 aromatic rings. The lowest BCUT2D eigenvalue weighted by Crippen LogP contribution is -2.36.